The lowest BCUT2D eigenvalue weighted by Gasteiger charge is -2.36. The molecule has 0 unspecified atom stereocenters. The van der Waals surface area contributed by atoms with Crippen LogP contribution in [0.3, 0.4) is 0 Å². The van der Waals surface area contributed by atoms with E-state index in [9.17, 15) is 9.59 Å². The molecule has 0 radical (unpaired) electrons. The second-order valence-electron chi connectivity index (χ2n) is 10.4. The molecular formula is C30H33N5O5S2. The first kappa shape index (κ1) is 28.7. The monoisotopic (exact) mass is 607 g/mol. The third-order valence-electron chi connectivity index (χ3n) is 7.60. The summed E-state index contributed by atoms with van der Waals surface area (Å²) < 4.78 is 18.4. The highest BCUT2D eigenvalue weighted by molar-refractivity contribution is 8.26. The van der Waals surface area contributed by atoms with Crippen LogP contribution < -0.4 is 19.9 Å². The largest absolute Gasteiger partial charge is 0.454 e. The molecule has 5 heterocycles. The molecule has 0 spiro atoms. The highest BCUT2D eigenvalue weighted by Crippen LogP contribution is 2.35. The summed E-state index contributed by atoms with van der Waals surface area (Å²) in [5.74, 6) is 1.97. The summed E-state index contributed by atoms with van der Waals surface area (Å²) in [6.45, 7) is 9.59. The van der Waals surface area contributed by atoms with Gasteiger partial charge < -0.3 is 19.1 Å². The predicted molar refractivity (Wildman–Crippen MR) is 167 cm³/mol. The van der Waals surface area contributed by atoms with Gasteiger partial charge in [-0.1, -0.05) is 36.1 Å². The van der Waals surface area contributed by atoms with Crippen LogP contribution in [0.15, 0.2) is 46.2 Å². The van der Waals surface area contributed by atoms with E-state index in [4.69, 9.17) is 31.4 Å². The Labute approximate surface area is 253 Å². The summed E-state index contributed by atoms with van der Waals surface area (Å²) in [6.07, 6.45) is 4.09. The van der Waals surface area contributed by atoms with Crippen molar-refractivity contribution in [3.05, 3.63) is 68.5 Å². The Morgan fingerprint density at radius 3 is 2.74 bits per heavy atom. The first-order valence-electron chi connectivity index (χ1n) is 14.1. The maximum atomic E-state index is 13.9. The van der Waals surface area contributed by atoms with E-state index in [1.165, 1.54) is 11.8 Å². The molecule has 0 atom stereocenters. The van der Waals surface area contributed by atoms with E-state index < -0.39 is 0 Å². The predicted octanol–water partition coefficient (Wildman–Crippen LogP) is 3.68. The van der Waals surface area contributed by atoms with Gasteiger partial charge in [0.05, 0.1) is 10.5 Å². The van der Waals surface area contributed by atoms with Crippen LogP contribution in [0.4, 0.5) is 5.82 Å². The number of amides is 1. The number of thiocarbonyl (C=S) groups is 1. The van der Waals surface area contributed by atoms with E-state index in [-0.39, 0.29) is 18.3 Å². The van der Waals surface area contributed by atoms with Gasteiger partial charge in [0.15, 0.2) is 11.5 Å². The fourth-order valence-corrected chi connectivity index (χ4v) is 6.67. The number of piperazine rings is 1. The highest BCUT2D eigenvalue weighted by Gasteiger charge is 2.33. The van der Waals surface area contributed by atoms with Crippen molar-refractivity contribution in [2.45, 2.75) is 26.8 Å². The molecule has 0 saturated carbocycles. The van der Waals surface area contributed by atoms with Crippen LogP contribution in [0.1, 0.15) is 30.0 Å². The number of nitrogens with zero attached hydrogens (tertiary/aromatic N) is 5. The van der Waals surface area contributed by atoms with Crippen molar-refractivity contribution >= 4 is 51.7 Å². The quantitative estimate of drug-likeness (QED) is 0.204. The Kier molecular flexibility index (Phi) is 8.48. The zero-order valence-electron chi connectivity index (χ0n) is 23.7. The molecule has 220 valence electrons. The SMILES string of the molecule is CCOCCCN1C(=O)/C(=C\c2c(N3CCN(Cc4ccc5c(c4)OCO5)CC3)nc3c(C)cccn3c2=O)SC1=S. The number of anilines is 1. The van der Waals surface area contributed by atoms with Gasteiger partial charge in [-0.25, -0.2) is 4.98 Å². The molecule has 42 heavy (non-hydrogen) atoms. The number of hydrogen-bond acceptors (Lipinski definition) is 10. The van der Waals surface area contributed by atoms with Crippen molar-refractivity contribution in [2.24, 2.45) is 0 Å². The van der Waals surface area contributed by atoms with Gasteiger partial charge in [-0.3, -0.25) is 23.8 Å². The van der Waals surface area contributed by atoms with Crippen LogP contribution in [0, 0.1) is 6.92 Å². The number of ether oxygens (including phenoxy) is 3. The fourth-order valence-electron chi connectivity index (χ4n) is 5.38. The van der Waals surface area contributed by atoms with E-state index >= 15 is 0 Å². The van der Waals surface area contributed by atoms with Gasteiger partial charge in [-0.05, 0) is 55.7 Å². The van der Waals surface area contributed by atoms with Crippen LogP contribution in [0.5, 0.6) is 11.5 Å². The van der Waals surface area contributed by atoms with Gasteiger partial charge in [0.1, 0.15) is 15.8 Å². The maximum absolute atomic E-state index is 13.9. The van der Waals surface area contributed by atoms with Gasteiger partial charge in [0, 0.05) is 58.7 Å². The third-order valence-corrected chi connectivity index (χ3v) is 8.98. The van der Waals surface area contributed by atoms with E-state index in [0.29, 0.717) is 65.5 Å². The van der Waals surface area contributed by atoms with Crippen molar-refractivity contribution in [2.75, 3.05) is 57.6 Å². The van der Waals surface area contributed by atoms with Crippen LogP contribution in [0.2, 0.25) is 0 Å². The molecule has 0 bridgehead atoms. The zero-order valence-corrected chi connectivity index (χ0v) is 25.3. The molecule has 0 N–H and O–H groups in total. The van der Waals surface area contributed by atoms with Crippen LogP contribution in [0.25, 0.3) is 11.7 Å². The number of hydrogen-bond donors (Lipinski definition) is 0. The Morgan fingerprint density at radius 1 is 1.12 bits per heavy atom. The van der Waals surface area contributed by atoms with Gasteiger partial charge >= 0.3 is 0 Å². The second-order valence-corrected chi connectivity index (χ2v) is 12.0. The first-order valence-corrected chi connectivity index (χ1v) is 15.4. The molecule has 2 aromatic heterocycles. The summed E-state index contributed by atoms with van der Waals surface area (Å²) in [4.78, 5) is 38.8. The zero-order chi connectivity index (χ0) is 29.2. The average Bonchev–Trinajstić information content (AvgIpc) is 3.56. The molecule has 1 amide bonds. The smallest absolute Gasteiger partial charge is 0.267 e. The second kappa shape index (κ2) is 12.4. The lowest BCUT2D eigenvalue weighted by molar-refractivity contribution is -0.122. The van der Waals surface area contributed by atoms with Crippen molar-refractivity contribution < 1.29 is 19.0 Å². The highest BCUT2D eigenvalue weighted by atomic mass is 32.2. The van der Waals surface area contributed by atoms with Crippen molar-refractivity contribution in [3.63, 3.8) is 0 Å². The van der Waals surface area contributed by atoms with Crippen molar-refractivity contribution in [3.8, 4) is 11.5 Å². The minimum absolute atomic E-state index is 0.185. The van der Waals surface area contributed by atoms with E-state index in [2.05, 4.69) is 15.9 Å². The Hall–Kier alpha value is -3.45. The third kappa shape index (κ3) is 5.76. The molecule has 0 aliphatic carbocycles. The van der Waals surface area contributed by atoms with Crippen LogP contribution in [-0.2, 0) is 16.1 Å². The Bertz CT molecular complexity index is 1620. The number of fused-ring (bicyclic) bond motifs is 2. The van der Waals surface area contributed by atoms with Crippen LogP contribution in [-0.4, -0.2) is 82.1 Å². The maximum Gasteiger partial charge on any atom is 0.267 e. The molecular weight excluding hydrogens is 574 g/mol. The number of carbonyl (C=O) groups is 1. The van der Waals surface area contributed by atoms with Crippen molar-refractivity contribution in [1.82, 2.24) is 19.2 Å². The minimum atomic E-state index is -0.205. The minimum Gasteiger partial charge on any atom is -0.454 e. The summed E-state index contributed by atoms with van der Waals surface area (Å²) in [5, 5.41) is 0. The molecule has 1 aromatic carbocycles. The molecule has 12 heteroatoms. The number of thioether (sulfide) groups is 1. The lowest BCUT2D eigenvalue weighted by Crippen LogP contribution is -2.47. The van der Waals surface area contributed by atoms with Gasteiger partial charge in [-0.2, -0.15) is 0 Å². The van der Waals surface area contributed by atoms with E-state index in [1.807, 2.05) is 38.1 Å². The van der Waals surface area contributed by atoms with E-state index in [1.54, 1.807) is 21.6 Å². The number of pyridine rings is 1. The lowest BCUT2D eigenvalue weighted by atomic mass is 10.1. The molecule has 10 nitrogen and oxygen atoms in total. The molecule has 2 saturated heterocycles. The molecule has 6 rings (SSSR count). The standard InChI is InChI=1S/C30H33N5O5S2/c1-3-38-15-5-10-35-29(37)25(42-30(35)41)17-22-27(31-26-20(2)6-4-9-34(26)28(22)36)33-13-11-32(12-14-33)18-21-7-8-23-24(16-21)40-19-39-23/h4,6-9,16-17H,3,5,10-15,18-19H2,1-2H3/b25-17+. The number of aryl methyl sites for hydroxylation is 1. The summed E-state index contributed by atoms with van der Waals surface area (Å²) in [5.41, 5.74) is 2.87. The Balaban J connectivity index is 1.25. The number of benzene rings is 1. The topological polar surface area (TPSA) is 88.8 Å². The van der Waals surface area contributed by atoms with Crippen molar-refractivity contribution in [1.29, 1.82) is 0 Å². The number of aromatic nitrogens is 2. The normalized spacial score (nSPS) is 18.2. The summed E-state index contributed by atoms with van der Waals surface area (Å²) in [7, 11) is 0. The van der Waals surface area contributed by atoms with Gasteiger partial charge in [0.2, 0.25) is 6.79 Å². The number of carbonyl (C=O) groups excluding carboxylic acids is 1. The molecule has 3 aliphatic rings. The average molecular weight is 608 g/mol. The first-order chi connectivity index (χ1) is 20.4. The van der Waals surface area contributed by atoms with Gasteiger partial charge in [0.25, 0.3) is 11.5 Å². The van der Waals surface area contributed by atoms with Crippen LogP contribution >= 0.6 is 24.0 Å². The summed E-state index contributed by atoms with van der Waals surface area (Å²) in [6, 6.07) is 9.84. The molecule has 3 aliphatic heterocycles. The molecule has 2 fully saturated rings. The number of rotatable bonds is 9. The van der Waals surface area contributed by atoms with Gasteiger partial charge in [-0.15, -0.1) is 0 Å². The Morgan fingerprint density at radius 2 is 1.93 bits per heavy atom. The fraction of sp³-hybridized carbons (Fsp3) is 0.400. The van der Waals surface area contributed by atoms with E-state index in [0.717, 1.165) is 42.3 Å². The molecule has 3 aromatic rings. The summed E-state index contributed by atoms with van der Waals surface area (Å²) >= 11 is 6.75.